The van der Waals surface area contributed by atoms with E-state index in [1.165, 1.54) is 12.1 Å². The molecular formula is C8H8BNO2. The molecule has 4 heteroatoms. The summed E-state index contributed by atoms with van der Waals surface area (Å²) in [6.45, 7) is 1.69. The van der Waals surface area contributed by atoms with E-state index >= 15 is 0 Å². The molecule has 0 saturated carbocycles. The van der Waals surface area contributed by atoms with Crippen molar-refractivity contribution in [2.45, 2.75) is 6.92 Å². The van der Waals surface area contributed by atoms with Gasteiger partial charge in [-0.25, -0.2) is 4.79 Å². The van der Waals surface area contributed by atoms with Gasteiger partial charge in [-0.05, 0) is 18.6 Å². The van der Waals surface area contributed by atoms with Gasteiger partial charge in [-0.15, -0.1) is 0 Å². The molecule has 0 aliphatic carbocycles. The molecule has 0 bridgehead atoms. The molecule has 0 aromatic heterocycles. The monoisotopic (exact) mass is 161 g/mol. The fourth-order valence-corrected chi connectivity index (χ4v) is 0.932. The van der Waals surface area contributed by atoms with Crippen molar-refractivity contribution in [3.8, 4) is 0 Å². The minimum atomic E-state index is -1.03. The van der Waals surface area contributed by atoms with Gasteiger partial charge in [-0.2, -0.15) is 0 Å². The number of carboxylic acid groups (broad SMARTS) is 1. The van der Waals surface area contributed by atoms with E-state index in [9.17, 15) is 4.79 Å². The molecular weight excluding hydrogens is 153 g/mol. The zero-order valence-electron chi connectivity index (χ0n) is 6.66. The lowest BCUT2D eigenvalue weighted by molar-refractivity contribution is 0.0698. The number of nitrogens with two attached hydrogens (primary N) is 1. The van der Waals surface area contributed by atoms with Crippen molar-refractivity contribution in [2.75, 3.05) is 5.73 Å². The van der Waals surface area contributed by atoms with Crippen LogP contribution in [0.3, 0.4) is 0 Å². The van der Waals surface area contributed by atoms with Gasteiger partial charge >= 0.3 is 5.97 Å². The van der Waals surface area contributed by atoms with Crippen LogP contribution in [0.4, 0.5) is 5.69 Å². The molecule has 0 spiro atoms. The fraction of sp³-hybridized carbons (Fsp3) is 0.125. The lowest BCUT2D eigenvalue weighted by Gasteiger charge is -2.06. The zero-order valence-corrected chi connectivity index (χ0v) is 6.66. The van der Waals surface area contributed by atoms with Crippen LogP contribution in [0.15, 0.2) is 12.1 Å². The predicted molar refractivity (Wildman–Crippen MR) is 47.9 cm³/mol. The molecule has 3 N–H and O–H groups in total. The van der Waals surface area contributed by atoms with Gasteiger partial charge in [-0.3, -0.25) is 0 Å². The second-order valence-corrected chi connectivity index (χ2v) is 2.55. The molecule has 1 aromatic rings. The molecule has 0 fully saturated rings. The number of benzene rings is 1. The van der Waals surface area contributed by atoms with Crippen molar-refractivity contribution < 1.29 is 9.90 Å². The highest BCUT2D eigenvalue weighted by Gasteiger charge is 2.09. The summed E-state index contributed by atoms with van der Waals surface area (Å²) in [7, 11) is 5.52. The molecule has 2 radical (unpaired) electrons. The highest BCUT2D eigenvalue weighted by atomic mass is 16.4. The third kappa shape index (κ3) is 1.28. The van der Waals surface area contributed by atoms with Crippen molar-refractivity contribution in [1.29, 1.82) is 0 Å². The average molecular weight is 161 g/mol. The first kappa shape index (κ1) is 8.65. The number of nitrogen functional groups attached to an aromatic ring is 1. The molecule has 0 aliphatic rings. The van der Waals surface area contributed by atoms with Crippen molar-refractivity contribution in [1.82, 2.24) is 0 Å². The van der Waals surface area contributed by atoms with Crippen LogP contribution in [-0.2, 0) is 0 Å². The van der Waals surface area contributed by atoms with Gasteiger partial charge in [0.1, 0.15) is 7.85 Å². The van der Waals surface area contributed by atoms with E-state index in [2.05, 4.69) is 0 Å². The summed E-state index contributed by atoms with van der Waals surface area (Å²) in [5.74, 6) is -1.03. The molecule has 0 saturated heterocycles. The van der Waals surface area contributed by atoms with Crippen LogP contribution < -0.4 is 11.2 Å². The Morgan fingerprint density at radius 3 is 2.67 bits per heavy atom. The Labute approximate surface area is 71.6 Å². The normalized spacial score (nSPS) is 9.75. The first-order chi connectivity index (χ1) is 5.54. The zero-order chi connectivity index (χ0) is 9.30. The largest absolute Gasteiger partial charge is 0.478 e. The Hall–Kier alpha value is -1.45. The molecule has 0 atom stereocenters. The number of hydrogen-bond acceptors (Lipinski definition) is 2. The average Bonchev–Trinajstić information content (AvgIpc) is 2.00. The second kappa shape index (κ2) is 2.89. The maximum absolute atomic E-state index is 10.6. The fourth-order valence-electron chi connectivity index (χ4n) is 0.932. The Morgan fingerprint density at radius 1 is 1.58 bits per heavy atom. The van der Waals surface area contributed by atoms with Gasteiger partial charge in [0.05, 0.1) is 5.56 Å². The molecule has 3 nitrogen and oxygen atoms in total. The standard InChI is InChI=1S/C8H8BNO2/c1-4-6(9)3-2-5(7(4)10)8(11)12/h2-3H,10H2,1H3,(H,11,12). The molecule has 0 unspecified atom stereocenters. The van der Waals surface area contributed by atoms with Gasteiger partial charge in [-0.1, -0.05) is 11.5 Å². The smallest absolute Gasteiger partial charge is 0.337 e. The Bertz CT molecular complexity index is 336. The van der Waals surface area contributed by atoms with Crippen molar-refractivity contribution in [2.24, 2.45) is 0 Å². The summed E-state index contributed by atoms with van der Waals surface area (Å²) >= 11 is 0. The summed E-state index contributed by atoms with van der Waals surface area (Å²) in [5.41, 5.74) is 6.99. The lowest BCUT2D eigenvalue weighted by Crippen LogP contribution is -2.14. The number of anilines is 1. The highest BCUT2D eigenvalue weighted by Crippen LogP contribution is 2.13. The van der Waals surface area contributed by atoms with E-state index < -0.39 is 5.97 Å². The summed E-state index contributed by atoms with van der Waals surface area (Å²) in [4.78, 5) is 10.6. The summed E-state index contributed by atoms with van der Waals surface area (Å²) in [6.07, 6.45) is 0. The molecule has 0 heterocycles. The van der Waals surface area contributed by atoms with Crippen LogP contribution in [0.2, 0.25) is 0 Å². The molecule has 60 valence electrons. The van der Waals surface area contributed by atoms with E-state index in [0.717, 1.165) is 0 Å². The number of aromatic carboxylic acids is 1. The van der Waals surface area contributed by atoms with Gasteiger partial charge in [0.15, 0.2) is 0 Å². The Balaban J connectivity index is 3.36. The van der Waals surface area contributed by atoms with Crippen molar-refractivity contribution in [3.63, 3.8) is 0 Å². The van der Waals surface area contributed by atoms with Crippen molar-refractivity contribution >= 4 is 25.0 Å². The maximum atomic E-state index is 10.6. The second-order valence-electron chi connectivity index (χ2n) is 2.55. The van der Waals surface area contributed by atoms with Crippen LogP contribution in [-0.4, -0.2) is 18.9 Å². The van der Waals surface area contributed by atoms with Gasteiger partial charge in [0, 0.05) is 5.69 Å². The van der Waals surface area contributed by atoms with Gasteiger partial charge in [0.25, 0.3) is 0 Å². The van der Waals surface area contributed by atoms with Gasteiger partial charge < -0.3 is 10.8 Å². The SMILES string of the molecule is [B]c1ccc(C(=O)O)c(N)c1C. The number of hydrogen-bond donors (Lipinski definition) is 2. The summed E-state index contributed by atoms with van der Waals surface area (Å²) in [6, 6.07) is 2.94. The van der Waals surface area contributed by atoms with E-state index in [0.29, 0.717) is 11.0 Å². The van der Waals surface area contributed by atoms with Crippen LogP contribution in [0, 0.1) is 6.92 Å². The molecule has 1 rings (SSSR count). The highest BCUT2D eigenvalue weighted by molar-refractivity contribution is 6.34. The number of carboxylic acids is 1. The number of rotatable bonds is 1. The third-order valence-corrected chi connectivity index (χ3v) is 1.79. The van der Waals surface area contributed by atoms with Crippen LogP contribution >= 0.6 is 0 Å². The first-order valence-electron chi connectivity index (χ1n) is 3.42. The minimum Gasteiger partial charge on any atom is -0.478 e. The van der Waals surface area contributed by atoms with E-state index in [4.69, 9.17) is 18.7 Å². The first-order valence-corrected chi connectivity index (χ1v) is 3.42. The third-order valence-electron chi connectivity index (χ3n) is 1.79. The van der Waals surface area contributed by atoms with Gasteiger partial charge in [0.2, 0.25) is 0 Å². The van der Waals surface area contributed by atoms with E-state index in [1.807, 2.05) is 0 Å². The topological polar surface area (TPSA) is 63.3 Å². The molecule has 0 aliphatic heterocycles. The molecule has 1 aromatic carbocycles. The van der Waals surface area contributed by atoms with Crippen LogP contribution in [0.25, 0.3) is 0 Å². The minimum absolute atomic E-state index is 0.0988. The Kier molecular flexibility index (Phi) is 2.08. The lowest BCUT2D eigenvalue weighted by atomic mass is 9.89. The maximum Gasteiger partial charge on any atom is 0.337 e. The molecule has 12 heavy (non-hydrogen) atoms. The number of carbonyl (C=O) groups is 1. The Morgan fingerprint density at radius 2 is 2.17 bits per heavy atom. The quantitative estimate of drug-likeness (QED) is 0.452. The van der Waals surface area contributed by atoms with E-state index in [1.54, 1.807) is 6.92 Å². The van der Waals surface area contributed by atoms with E-state index in [-0.39, 0.29) is 11.3 Å². The van der Waals surface area contributed by atoms with Crippen LogP contribution in [0.1, 0.15) is 15.9 Å². The van der Waals surface area contributed by atoms with Crippen LogP contribution in [0.5, 0.6) is 0 Å². The predicted octanol–water partition coefficient (Wildman–Crippen LogP) is 0.0692. The summed E-state index contributed by atoms with van der Waals surface area (Å²) in [5, 5.41) is 8.66. The molecule has 0 amide bonds. The summed E-state index contributed by atoms with van der Waals surface area (Å²) < 4.78 is 0. The van der Waals surface area contributed by atoms with Crippen molar-refractivity contribution in [3.05, 3.63) is 23.3 Å².